The van der Waals surface area contributed by atoms with Crippen LogP contribution in [0.2, 0.25) is 0 Å². The van der Waals surface area contributed by atoms with Gasteiger partial charge in [-0.1, -0.05) is 26.0 Å². The molecule has 0 radical (unpaired) electrons. The van der Waals surface area contributed by atoms with E-state index in [1.165, 1.54) is 0 Å². The number of hydrogen-bond acceptors (Lipinski definition) is 3. The smallest absolute Gasteiger partial charge is 0.224 e. The van der Waals surface area contributed by atoms with Gasteiger partial charge in [-0.3, -0.25) is 9.59 Å². The van der Waals surface area contributed by atoms with Gasteiger partial charge >= 0.3 is 0 Å². The second-order valence-corrected chi connectivity index (χ2v) is 6.14. The van der Waals surface area contributed by atoms with E-state index in [4.69, 9.17) is 5.73 Å². The van der Waals surface area contributed by atoms with E-state index in [9.17, 15) is 9.59 Å². The van der Waals surface area contributed by atoms with Crippen LogP contribution in [0.25, 0.3) is 0 Å². The topological polar surface area (TPSA) is 84.2 Å². The SMILES string of the molecule is CC(C)CC(=O)Nc1cccc(CNC(=O)CCC(C)N)c1.Cl. The third-order valence-electron chi connectivity index (χ3n) is 3.12. The van der Waals surface area contributed by atoms with Gasteiger partial charge in [0.2, 0.25) is 11.8 Å². The Morgan fingerprint density at radius 1 is 1.17 bits per heavy atom. The molecule has 1 atom stereocenters. The average molecular weight is 342 g/mol. The van der Waals surface area contributed by atoms with E-state index in [1.54, 1.807) is 0 Å². The van der Waals surface area contributed by atoms with Crippen molar-refractivity contribution in [3.8, 4) is 0 Å². The Balaban J connectivity index is 0.00000484. The molecule has 6 heteroatoms. The van der Waals surface area contributed by atoms with Crippen molar-refractivity contribution in [3.63, 3.8) is 0 Å². The Morgan fingerprint density at radius 3 is 2.48 bits per heavy atom. The van der Waals surface area contributed by atoms with Gasteiger partial charge in [0.1, 0.15) is 0 Å². The third kappa shape index (κ3) is 9.92. The zero-order valence-electron chi connectivity index (χ0n) is 14.1. The molecular weight excluding hydrogens is 314 g/mol. The molecule has 0 aromatic heterocycles. The Bertz CT molecular complexity index is 504. The van der Waals surface area contributed by atoms with E-state index in [-0.39, 0.29) is 30.3 Å². The Labute approximate surface area is 144 Å². The highest BCUT2D eigenvalue weighted by atomic mass is 35.5. The van der Waals surface area contributed by atoms with Gasteiger partial charge in [0.15, 0.2) is 0 Å². The molecule has 0 spiro atoms. The molecule has 1 rings (SSSR count). The molecule has 1 aromatic carbocycles. The van der Waals surface area contributed by atoms with Gasteiger partial charge in [-0.15, -0.1) is 12.4 Å². The van der Waals surface area contributed by atoms with Crippen LogP contribution in [0.4, 0.5) is 5.69 Å². The fourth-order valence-electron chi connectivity index (χ4n) is 1.99. The van der Waals surface area contributed by atoms with Crippen LogP contribution in [0.15, 0.2) is 24.3 Å². The lowest BCUT2D eigenvalue weighted by atomic mass is 10.1. The summed E-state index contributed by atoms with van der Waals surface area (Å²) in [7, 11) is 0. The first-order valence-corrected chi connectivity index (χ1v) is 7.78. The molecule has 0 saturated carbocycles. The summed E-state index contributed by atoms with van der Waals surface area (Å²) in [6.45, 7) is 6.35. The van der Waals surface area contributed by atoms with Crippen LogP contribution in [0.5, 0.6) is 0 Å². The number of nitrogens with one attached hydrogen (secondary N) is 2. The predicted molar refractivity (Wildman–Crippen MR) is 96.5 cm³/mol. The molecule has 130 valence electrons. The highest BCUT2D eigenvalue weighted by Crippen LogP contribution is 2.12. The van der Waals surface area contributed by atoms with Crippen molar-refractivity contribution in [3.05, 3.63) is 29.8 Å². The van der Waals surface area contributed by atoms with E-state index in [0.717, 1.165) is 11.3 Å². The van der Waals surface area contributed by atoms with E-state index in [1.807, 2.05) is 45.0 Å². The van der Waals surface area contributed by atoms with Crippen molar-refractivity contribution in [1.82, 2.24) is 5.32 Å². The minimum atomic E-state index is -0.00783. The van der Waals surface area contributed by atoms with E-state index >= 15 is 0 Å². The van der Waals surface area contributed by atoms with Crippen molar-refractivity contribution in [2.75, 3.05) is 5.32 Å². The molecule has 0 aliphatic rings. The van der Waals surface area contributed by atoms with Gasteiger partial charge in [-0.2, -0.15) is 0 Å². The second-order valence-electron chi connectivity index (χ2n) is 6.14. The van der Waals surface area contributed by atoms with Crippen LogP contribution in [-0.2, 0) is 16.1 Å². The maximum Gasteiger partial charge on any atom is 0.224 e. The predicted octanol–water partition coefficient (Wildman–Crippen LogP) is 2.84. The summed E-state index contributed by atoms with van der Waals surface area (Å²) in [4.78, 5) is 23.4. The zero-order chi connectivity index (χ0) is 16.5. The van der Waals surface area contributed by atoms with Crippen molar-refractivity contribution in [2.24, 2.45) is 11.7 Å². The first-order valence-electron chi connectivity index (χ1n) is 7.78. The minimum Gasteiger partial charge on any atom is -0.352 e. The van der Waals surface area contributed by atoms with Crippen molar-refractivity contribution >= 4 is 29.9 Å². The summed E-state index contributed by atoms with van der Waals surface area (Å²) in [6, 6.07) is 7.55. The van der Waals surface area contributed by atoms with Crippen LogP contribution < -0.4 is 16.4 Å². The van der Waals surface area contributed by atoms with Crippen LogP contribution in [0.3, 0.4) is 0 Å². The number of carbonyl (C=O) groups is 2. The normalized spacial score (nSPS) is 11.5. The number of benzene rings is 1. The van der Waals surface area contributed by atoms with Crippen molar-refractivity contribution in [1.29, 1.82) is 0 Å². The summed E-state index contributed by atoms with van der Waals surface area (Å²) < 4.78 is 0. The summed E-state index contributed by atoms with van der Waals surface area (Å²) >= 11 is 0. The fraction of sp³-hybridized carbons (Fsp3) is 0.529. The van der Waals surface area contributed by atoms with Crippen LogP contribution in [-0.4, -0.2) is 17.9 Å². The summed E-state index contributed by atoms with van der Waals surface area (Å²) in [5.41, 5.74) is 7.34. The Kier molecular flexibility index (Phi) is 10.3. The molecular formula is C17H28ClN3O2. The molecule has 1 aromatic rings. The molecule has 0 bridgehead atoms. The van der Waals surface area contributed by atoms with E-state index < -0.39 is 0 Å². The molecule has 0 fully saturated rings. The number of carbonyl (C=O) groups excluding carboxylic acids is 2. The lowest BCUT2D eigenvalue weighted by molar-refractivity contribution is -0.121. The summed E-state index contributed by atoms with van der Waals surface area (Å²) in [6.07, 6.45) is 1.61. The van der Waals surface area contributed by atoms with Crippen LogP contribution in [0, 0.1) is 5.92 Å². The standard InChI is InChI=1S/C17H27N3O2.ClH/c1-12(2)9-17(22)20-15-6-4-5-14(10-15)11-19-16(21)8-7-13(3)18;/h4-6,10,12-13H,7-9,11,18H2,1-3H3,(H,19,21)(H,20,22);1H. The maximum absolute atomic E-state index is 11.8. The first kappa shape index (κ1) is 21.4. The molecule has 23 heavy (non-hydrogen) atoms. The van der Waals surface area contributed by atoms with Gasteiger partial charge in [0, 0.05) is 31.1 Å². The molecule has 0 heterocycles. The minimum absolute atomic E-state index is 0. The molecule has 1 unspecified atom stereocenters. The maximum atomic E-state index is 11.8. The van der Waals surface area contributed by atoms with E-state index in [2.05, 4.69) is 10.6 Å². The van der Waals surface area contributed by atoms with Gasteiger partial charge in [-0.05, 0) is 37.0 Å². The van der Waals surface area contributed by atoms with Gasteiger partial charge in [0.05, 0.1) is 0 Å². The van der Waals surface area contributed by atoms with E-state index in [0.29, 0.717) is 31.7 Å². The quantitative estimate of drug-likeness (QED) is 0.679. The van der Waals surface area contributed by atoms with Gasteiger partial charge < -0.3 is 16.4 Å². The van der Waals surface area contributed by atoms with Gasteiger partial charge in [-0.25, -0.2) is 0 Å². The monoisotopic (exact) mass is 341 g/mol. The zero-order valence-corrected chi connectivity index (χ0v) is 14.9. The molecule has 5 nitrogen and oxygen atoms in total. The van der Waals surface area contributed by atoms with Gasteiger partial charge in [0.25, 0.3) is 0 Å². The lowest BCUT2D eigenvalue weighted by Gasteiger charge is -2.10. The lowest BCUT2D eigenvalue weighted by Crippen LogP contribution is -2.25. The summed E-state index contributed by atoms with van der Waals surface area (Å²) in [5.74, 6) is 0.326. The van der Waals surface area contributed by atoms with Crippen LogP contribution in [0.1, 0.15) is 45.6 Å². The van der Waals surface area contributed by atoms with Crippen molar-refractivity contribution in [2.45, 2.75) is 52.6 Å². The highest BCUT2D eigenvalue weighted by Gasteiger charge is 2.07. The summed E-state index contributed by atoms with van der Waals surface area (Å²) in [5, 5.41) is 5.73. The number of amides is 2. The number of hydrogen-bond donors (Lipinski definition) is 3. The van der Waals surface area contributed by atoms with Crippen molar-refractivity contribution < 1.29 is 9.59 Å². The molecule has 0 aliphatic carbocycles. The molecule has 0 aliphatic heterocycles. The third-order valence-corrected chi connectivity index (χ3v) is 3.12. The fourth-order valence-corrected chi connectivity index (χ4v) is 1.99. The number of rotatable bonds is 8. The Hall–Kier alpha value is -1.59. The first-order chi connectivity index (χ1) is 10.4. The number of anilines is 1. The largest absolute Gasteiger partial charge is 0.352 e. The number of halogens is 1. The molecule has 0 saturated heterocycles. The molecule has 2 amide bonds. The number of nitrogens with two attached hydrogens (primary N) is 1. The van der Waals surface area contributed by atoms with Crippen LogP contribution >= 0.6 is 12.4 Å². The molecule has 4 N–H and O–H groups in total. The Morgan fingerprint density at radius 2 is 1.87 bits per heavy atom. The second kappa shape index (κ2) is 11.0. The highest BCUT2D eigenvalue weighted by molar-refractivity contribution is 5.90. The average Bonchev–Trinajstić information content (AvgIpc) is 2.42.